The summed E-state index contributed by atoms with van der Waals surface area (Å²) in [7, 11) is 0. The fourth-order valence-electron chi connectivity index (χ4n) is 2.32. The molecule has 9 heteroatoms. The Balaban J connectivity index is 0.00000338. The van der Waals surface area contributed by atoms with Gasteiger partial charge in [-0.15, -0.1) is 24.8 Å². The van der Waals surface area contributed by atoms with Gasteiger partial charge in [-0.1, -0.05) is 13.8 Å². The van der Waals surface area contributed by atoms with Crippen LogP contribution in [0, 0.1) is 11.6 Å². The number of nitrogens with one attached hydrogen (secondary N) is 1. The number of carbonyl (C=O) groups is 1. The first-order chi connectivity index (χ1) is 11.9. The van der Waals surface area contributed by atoms with E-state index in [0.717, 1.165) is 25.0 Å². The molecule has 3 N–H and O–H groups in total. The van der Waals surface area contributed by atoms with Crippen molar-refractivity contribution in [1.29, 1.82) is 0 Å². The first-order valence-corrected chi connectivity index (χ1v) is 8.32. The van der Waals surface area contributed by atoms with Crippen LogP contribution in [-0.4, -0.2) is 23.0 Å². The number of aromatic nitrogens is 1. The van der Waals surface area contributed by atoms with Gasteiger partial charge in [-0.25, -0.2) is 13.8 Å². The zero-order chi connectivity index (χ0) is 18.4. The number of amides is 1. The van der Waals surface area contributed by atoms with Crippen LogP contribution >= 0.6 is 24.8 Å². The van der Waals surface area contributed by atoms with E-state index in [4.69, 9.17) is 10.2 Å². The minimum absolute atomic E-state index is 0. The maximum Gasteiger partial charge on any atom is 0.220 e. The van der Waals surface area contributed by atoms with E-state index in [2.05, 4.69) is 10.3 Å². The molecule has 0 aliphatic heterocycles. The van der Waals surface area contributed by atoms with Gasteiger partial charge >= 0.3 is 0 Å². The second kappa shape index (κ2) is 11.2. The Morgan fingerprint density at radius 2 is 1.93 bits per heavy atom. The lowest BCUT2D eigenvalue weighted by molar-refractivity contribution is -0.121. The highest BCUT2D eigenvalue weighted by Gasteiger charge is 2.21. The van der Waals surface area contributed by atoms with Gasteiger partial charge in [0.05, 0.1) is 11.8 Å². The first-order valence-electron chi connectivity index (χ1n) is 8.32. The van der Waals surface area contributed by atoms with Gasteiger partial charge in [0.2, 0.25) is 5.91 Å². The number of aryl methyl sites for hydroxylation is 1. The predicted octanol–water partition coefficient (Wildman–Crippen LogP) is 4.03. The summed E-state index contributed by atoms with van der Waals surface area (Å²) in [6.07, 6.45) is 3.38. The lowest BCUT2D eigenvalue weighted by Crippen LogP contribution is -2.49. The number of benzene rings is 1. The van der Waals surface area contributed by atoms with Crippen molar-refractivity contribution in [2.24, 2.45) is 5.73 Å². The van der Waals surface area contributed by atoms with Crippen molar-refractivity contribution < 1.29 is 18.0 Å². The molecule has 2 rings (SSSR count). The Kier molecular flexibility index (Phi) is 10.5. The van der Waals surface area contributed by atoms with Gasteiger partial charge < -0.3 is 15.5 Å². The number of nitrogens with two attached hydrogens (primary N) is 1. The Hall–Kier alpha value is -1.70. The monoisotopic (exact) mass is 423 g/mol. The molecule has 2 aromatic rings. The van der Waals surface area contributed by atoms with E-state index in [1.54, 1.807) is 0 Å². The van der Waals surface area contributed by atoms with E-state index in [9.17, 15) is 13.6 Å². The summed E-state index contributed by atoms with van der Waals surface area (Å²) >= 11 is 0. The van der Waals surface area contributed by atoms with E-state index in [-0.39, 0.29) is 54.9 Å². The molecule has 5 nitrogen and oxygen atoms in total. The molecular formula is C18H25Cl2F2N3O2. The van der Waals surface area contributed by atoms with Crippen LogP contribution in [0.4, 0.5) is 8.78 Å². The highest BCUT2D eigenvalue weighted by Crippen LogP contribution is 2.24. The van der Waals surface area contributed by atoms with E-state index in [1.807, 2.05) is 13.8 Å². The number of hydrogen-bond donors (Lipinski definition) is 2. The van der Waals surface area contributed by atoms with Gasteiger partial charge in [0.25, 0.3) is 0 Å². The number of carbonyl (C=O) groups excluding carboxylic acids is 1. The quantitative estimate of drug-likeness (QED) is 0.671. The molecule has 0 spiro atoms. The zero-order valence-corrected chi connectivity index (χ0v) is 16.9. The molecule has 1 aromatic carbocycles. The largest absolute Gasteiger partial charge is 0.441 e. The lowest BCUT2D eigenvalue weighted by atomic mass is 9.94. The van der Waals surface area contributed by atoms with Crippen molar-refractivity contribution in [2.75, 3.05) is 6.54 Å². The van der Waals surface area contributed by atoms with Crippen molar-refractivity contribution in [3.63, 3.8) is 0 Å². The van der Waals surface area contributed by atoms with Crippen LogP contribution in [-0.2, 0) is 11.2 Å². The minimum atomic E-state index is -0.723. The van der Waals surface area contributed by atoms with Crippen molar-refractivity contribution in [3.05, 3.63) is 41.9 Å². The molecular weight excluding hydrogens is 399 g/mol. The number of nitrogens with zero attached hydrogens (tertiary/aromatic N) is 1. The zero-order valence-electron chi connectivity index (χ0n) is 15.3. The first kappa shape index (κ1) is 25.3. The third-order valence-electron chi connectivity index (χ3n) is 4.36. The molecule has 0 radical (unpaired) electrons. The van der Waals surface area contributed by atoms with Crippen LogP contribution in [0.25, 0.3) is 11.3 Å². The summed E-state index contributed by atoms with van der Waals surface area (Å²) in [5.41, 5.74) is 5.87. The van der Waals surface area contributed by atoms with Crippen LogP contribution in [0.3, 0.4) is 0 Å². The van der Waals surface area contributed by atoms with Crippen molar-refractivity contribution in [1.82, 2.24) is 10.3 Å². The van der Waals surface area contributed by atoms with Gasteiger partial charge in [-0.3, -0.25) is 4.79 Å². The third-order valence-corrected chi connectivity index (χ3v) is 4.36. The third kappa shape index (κ3) is 7.08. The van der Waals surface area contributed by atoms with Crippen LogP contribution in [0.2, 0.25) is 0 Å². The maximum absolute atomic E-state index is 13.7. The van der Waals surface area contributed by atoms with E-state index >= 15 is 0 Å². The van der Waals surface area contributed by atoms with Gasteiger partial charge in [-0.2, -0.15) is 0 Å². The number of oxazole rings is 1. The van der Waals surface area contributed by atoms with E-state index < -0.39 is 17.2 Å². The van der Waals surface area contributed by atoms with E-state index in [1.165, 1.54) is 12.3 Å². The minimum Gasteiger partial charge on any atom is -0.441 e. The Morgan fingerprint density at radius 1 is 1.26 bits per heavy atom. The smallest absolute Gasteiger partial charge is 0.220 e. The van der Waals surface area contributed by atoms with E-state index in [0.29, 0.717) is 12.4 Å². The molecule has 0 saturated carbocycles. The topological polar surface area (TPSA) is 81.1 Å². The second-order valence-electron chi connectivity index (χ2n) is 6.09. The molecule has 27 heavy (non-hydrogen) atoms. The molecule has 0 saturated heterocycles. The number of hydrogen-bond acceptors (Lipinski definition) is 4. The van der Waals surface area contributed by atoms with Gasteiger partial charge in [0.15, 0.2) is 11.7 Å². The molecule has 0 aliphatic carbocycles. The number of rotatable bonds is 8. The Bertz CT molecular complexity index is 737. The summed E-state index contributed by atoms with van der Waals surface area (Å²) in [6, 6.07) is 3.22. The van der Waals surface area contributed by atoms with Gasteiger partial charge in [0.1, 0.15) is 11.6 Å². The highest BCUT2D eigenvalue weighted by atomic mass is 35.5. The Labute approximate surface area is 169 Å². The standard InChI is InChI=1S/C18H23F2N3O2.2ClH/c1-3-18(21,4-2)11-23-16(24)7-8-17-22-10-15(25-17)13-6-5-12(19)9-14(13)20;;/h5-6,9-10H,3-4,7-8,11,21H2,1-2H3,(H,23,24);2*1H. The van der Waals surface area contributed by atoms with Gasteiger partial charge in [0, 0.05) is 31.0 Å². The summed E-state index contributed by atoms with van der Waals surface area (Å²) in [6.45, 7) is 4.38. The summed E-state index contributed by atoms with van der Waals surface area (Å²) in [5.74, 6) is -1.01. The van der Waals surface area contributed by atoms with Gasteiger partial charge in [-0.05, 0) is 25.0 Å². The SMILES string of the molecule is CCC(N)(CC)CNC(=O)CCc1ncc(-c2ccc(F)cc2F)o1.Cl.Cl. The average Bonchev–Trinajstić information content (AvgIpc) is 3.06. The van der Waals surface area contributed by atoms with Crippen molar-refractivity contribution >= 4 is 30.7 Å². The molecule has 0 atom stereocenters. The summed E-state index contributed by atoms with van der Waals surface area (Å²) in [4.78, 5) is 16.0. The predicted molar refractivity (Wildman–Crippen MR) is 105 cm³/mol. The molecule has 0 fully saturated rings. The van der Waals surface area contributed by atoms with Crippen LogP contribution in [0.15, 0.2) is 28.8 Å². The second-order valence-corrected chi connectivity index (χ2v) is 6.09. The van der Waals surface area contributed by atoms with Crippen molar-refractivity contribution in [2.45, 2.75) is 45.1 Å². The molecule has 1 aromatic heterocycles. The lowest BCUT2D eigenvalue weighted by Gasteiger charge is -2.26. The van der Waals surface area contributed by atoms with Crippen LogP contribution in [0.1, 0.15) is 39.0 Å². The number of halogens is 4. The molecule has 0 unspecified atom stereocenters. The fourth-order valence-corrected chi connectivity index (χ4v) is 2.32. The summed E-state index contributed by atoms with van der Waals surface area (Å²) in [5, 5.41) is 2.81. The fraction of sp³-hybridized carbons (Fsp3) is 0.444. The molecule has 1 heterocycles. The molecule has 0 aliphatic rings. The highest BCUT2D eigenvalue weighted by molar-refractivity contribution is 5.85. The molecule has 152 valence electrons. The maximum atomic E-state index is 13.7. The Morgan fingerprint density at radius 3 is 2.52 bits per heavy atom. The average molecular weight is 424 g/mol. The normalized spacial score (nSPS) is 10.7. The summed E-state index contributed by atoms with van der Waals surface area (Å²) < 4.78 is 32.1. The van der Waals surface area contributed by atoms with Crippen molar-refractivity contribution in [3.8, 4) is 11.3 Å². The van der Waals surface area contributed by atoms with Crippen LogP contribution in [0.5, 0.6) is 0 Å². The molecule has 0 bridgehead atoms. The van der Waals surface area contributed by atoms with Crippen LogP contribution < -0.4 is 11.1 Å². The molecule has 1 amide bonds.